The standard InChI is InChI=1S/C20H19NO7S/c1-12-4-3-5-15(10-12)28-20(24)14-6-7-16-17(11-14)19(23)21(18(16)22)9-8-13(2)29(25,26)27/h3-7,10-11,13H,8-9H2,1-2H3,(H,25,26,27). The second-order valence-corrected chi connectivity index (χ2v) is 8.68. The number of nitrogens with zero attached hydrogens (tertiary/aromatic N) is 1. The maximum atomic E-state index is 12.6. The number of benzene rings is 2. The zero-order chi connectivity index (χ0) is 21.3. The number of hydrogen-bond donors (Lipinski definition) is 1. The minimum atomic E-state index is -4.26. The topological polar surface area (TPSA) is 118 Å². The second-order valence-electron chi connectivity index (χ2n) is 6.84. The molecule has 0 radical (unpaired) electrons. The number of carbonyl (C=O) groups is 3. The van der Waals surface area contributed by atoms with Crippen LogP contribution in [0.5, 0.6) is 5.75 Å². The Hall–Kier alpha value is -3.04. The molecule has 0 fully saturated rings. The van der Waals surface area contributed by atoms with Crippen LogP contribution in [0.2, 0.25) is 0 Å². The molecule has 2 amide bonds. The molecule has 0 saturated heterocycles. The third kappa shape index (κ3) is 4.36. The zero-order valence-corrected chi connectivity index (χ0v) is 16.6. The van der Waals surface area contributed by atoms with Gasteiger partial charge in [0.2, 0.25) is 0 Å². The lowest BCUT2D eigenvalue weighted by molar-refractivity contribution is 0.0651. The third-order valence-corrected chi connectivity index (χ3v) is 5.93. The lowest BCUT2D eigenvalue weighted by Crippen LogP contribution is -2.33. The van der Waals surface area contributed by atoms with E-state index in [4.69, 9.17) is 9.29 Å². The van der Waals surface area contributed by atoms with Gasteiger partial charge in [-0.3, -0.25) is 19.0 Å². The van der Waals surface area contributed by atoms with Gasteiger partial charge in [0.05, 0.1) is 21.9 Å². The molecule has 1 unspecified atom stereocenters. The number of aryl methyl sites for hydroxylation is 1. The Morgan fingerprint density at radius 1 is 1.10 bits per heavy atom. The van der Waals surface area contributed by atoms with E-state index in [2.05, 4.69) is 0 Å². The summed E-state index contributed by atoms with van der Waals surface area (Å²) in [6, 6.07) is 11.0. The molecule has 0 aromatic heterocycles. The van der Waals surface area contributed by atoms with Crippen LogP contribution in [0, 0.1) is 6.92 Å². The lowest BCUT2D eigenvalue weighted by atomic mass is 10.1. The SMILES string of the molecule is Cc1cccc(OC(=O)c2ccc3c(c2)C(=O)N(CCC(C)S(=O)(=O)O)C3=O)c1. The van der Waals surface area contributed by atoms with Gasteiger partial charge in [0.15, 0.2) is 0 Å². The summed E-state index contributed by atoms with van der Waals surface area (Å²) in [5.41, 5.74) is 1.20. The maximum absolute atomic E-state index is 12.6. The Balaban J connectivity index is 1.77. The average Bonchev–Trinajstić information content (AvgIpc) is 2.89. The summed E-state index contributed by atoms with van der Waals surface area (Å²) in [4.78, 5) is 38.3. The van der Waals surface area contributed by atoms with E-state index < -0.39 is 33.2 Å². The van der Waals surface area contributed by atoms with Gasteiger partial charge in [0.1, 0.15) is 5.75 Å². The predicted molar refractivity (Wildman–Crippen MR) is 104 cm³/mol. The van der Waals surface area contributed by atoms with Crippen molar-refractivity contribution in [1.29, 1.82) is 0 Å². The average molecular weight is 417 g/mol. The van der Waals surface area contributed by atoms with Crippen molar-refractivity contribution in [1.82, 2.24) is 4.90 Å². The first-order valence-corrected chi connectivity index (χ1v) is 10.3. The van der Waals surface area contributed by atoms with Crippen LogP contribution in [0.4, 0.5) is 0 Å². The monoisotopic (exact) mass is 417 g/mol. The first-order valence-electron chi connectivity index (χ1n) is 8.83. The number of ether oxygens (including phenoxy) is 1. The molecule has 2 aromatic carbocycles. The molecule has 2 aromatic rings. The van der Waals surface area contributed by atoms with Crippen LogP contribution in [0.1, 0.15) is 50.0 Å². The van der Waals surface area contributed by atoms with Crippen LogP contribution in [-0.4, -0.2) is 47.4 Å². The van der Waals surface area contributed by atoms with Crippen molar-refractivity contribution < 1.29 is 32.1 Å². The number of fused-ring (bicyclic) bond motifs is 1. The molecule has 1 N–H and O–H groups in total. The lowest BCUT2D eigenvalue weighted by Gasteiger charge is -2.15. The molecule has 3 rings (SSSR count). The van der Waals surface area contributed by atoms with E-state index in [1.807, 2.05) is 13.0 Å². The van der Waals surface area contributed by atoms with Gasteiger partial charge >= 0.3 is 5.97 Å². The normalized spacial score (nSPS) is 14.7. The van der Waals surface area contributed by atoms with E-state index >= 15 is 0 Å². The highest BCUT2D eigenvalue weighted by Gasteiger charge is 2.36. The summed E-state index contributed by atoms with van der Waals surface area (Å²) in [5.74, 6) is -1.51. The molecule has 1 atom stereocenters. The van der Waals surface area contributed by atoms with Gasteiger partial charge < -0.3 is 4.74 Å². The van der Waals surface area contributed by atoms with Crippen LogP contribution in [-0.2, 0) is 10.1 Å². The van der Waals surface area contributed by atoms with Gasteiger partial charge in [-0.2, -0.15) is 8.42 Å². The minimum Gasteiger partial charge on any atom is -0.423 e. The molecule has 0 aliphatic carbocycles. The summed E-state index contributed by atoms with van der Waals surface area (Å²) in [6.45, 7) is 2.97. The number of amides is 2. The van der Waals surface area contributed by atoms with Crippen molar-refractivity contribution in [2.24, 2.45) is 0 Å². The van der Waals surface area contributed by atoms with Gasteiger partial charge in [0, 0.05) is 6.54 Å². The Bertz CT molecular complexity index is 1110. The van der Waals surface area contributed by atoms with Crippen molar-refractivity contribution >= 4 is 27.9 Å². The summed E-state index contributed by atoms with van der Waals surface area (Å²) >= 11 is 0. The van der Waals surface area contributed by atoms with E-state index in [1.165, 1.54) is 25.1 Å². The van der Waals surface area contributed by atoms with Crippen molar-refractivity contribution in [2.45, 2.75) is 25.5 Å². The Morgan fingerprint density at radius 2 is 1.79 bits per heavy atom. The summed E-state index contributed by atoms with van der Waals surface area (Å²) < 4.78 is 36.6. The first kappa shape index (κ1) is 20.7. The highest BCUT2D eigenvalue weighted by molar-refractivity contribution is 7.86. The molecule has 29 heavy (non-hydrogen) atoms. The maximum Gasteiger partial charge on any atom is 0.343 e. The third-order valence-electron chi connectivity index (χ3n) is 4.67. The summed E-state index contributed by atoms with van der Waals surface area (Å²) in [6.07, 6.45) is -0.105. The van der Waals surface area contributed by atoms with Crippen molar-refractivity contribution in [3.05, 3.63) is 64.7 Å². The van der Waals surface area contributed by atoms with E-state index in [-0.39, 0.29) is 29.7 Å². The summed E-state index contributed by atoms with van der Waals surface area (Å²) in [7, 11) is -4.26. The number of carbonyl (C=O) groups excluding carboxylic acids is 3. The van der Waals surface area contributed by atoms with Gasteiger partial charge in [-0.05, 0) is 56.2 Å². The van der Waals surface area contributed by atoms with E-state index in [9.17, 15) is 22.8 Å². The van der Waals surface area contributed by atoms with Crippen molar-refractivity contribution in [2.75, 3.05) is 6.54 Å². The molecule has 0 saturated carbocycles. The van der Waals surface area contributed by atoms with E-state index in [0.717, 1.165) is 10.5 Å². The van der Waals surface area contributed by atoms with E-state index in [0.29, 0.717) is 5.75 Å². The highest BCUT2D eigenvalue weighted by atomic mass is 32.2. The van der Waals surface area contributed by atoms with Crippen LogP contribution < -0.4 is 4.74 Å². The molecular formula is C20H19NO7S. The number of imide groups is 1. The van der Waals surface area contributed by atoms with Crippen LogP contribution >= 0.6 is 0 Å². The first-order chi connectivity index (χ1) is 13.6. The molecule has 1 heterocycles. The molecule has 152 valence electrons. The zero-order valence-electron chi connectivity index (χ0n) is 15.8. The molecule has 9 heteroatoms. The highest BCUT2D eigenvalue weighted by Crippen LogP contribution is 2.25. The largest absolute Gasteiger partial charge is 0.423 e. The van der Waals surface area contributed by atoms with Gasteiger partial charge in [-0.1, -0.05) is 12.1 Å². The molecule has 8 nitrogen and oxygen atoms in total. The summed E-state index contributed by atoms with van der Waals surface area (Å²) in [5, 5.41) is -1.12. The van der Waals surface area contributed by atoms with E-state index in [1.54, 1.807) is 18.2 Å². The quantitative estimate of drug-likeness (QED) is 0.332. The molecule has 1 aliphatic heterocycles. The molecular weight excluding hydrogens is 398 g/mol. The number of hydrogen-bond acceptors (Lipinski definition) is 6. The number of rotatable bonds is 6. The molecule has 0 spiro atoms. The fraction of sp³-hybridized carbons (Fsp3) is 0.250. The van der Waals surface area contributed by atoms with Crippen molar-refractivity contribution in [3.63, 3.8) is 0 Å². The van der Waals surface area contributed by atoms with Gasteiger partial charge in [-0.15, -0.1) is 0 Å². The number of esters is 1. The Morgan fingerprint density at radius 3 is 2.45 bits per heavy atom. The fourth-order valence-corrected chi connectivity index (χ4v) is 3.33. The van der Waals surface area contributed by atoms with Crippen LogP contribution in [0.3, 0.4) is 0 Å². The Labute approximate surface area is 167 Å². The Kier molecular flexibility index (Phi) is 5.54. The van der Waals surface area contributed by atoms with Gasteiger partial charge in [-0.25, -0.2) is 4.79 Å². The van der Waals surface area contributed by atoms with Crippen LogP contribution in [0.25, 0.3) is 0 Å². The predicted octanol–water partition coefficient (Wildman–Crippen LogP) is 2.48. The molecule has 1 aliphatic rings. The van der Waals surface area contributed by atoms with Crippen molar-refractivity contribution in [3.8, 4) is 5.75 Å². The fourth-order valence-electron chi connectivity index (χ4n) is 2.93. The minimum absolute atomic E-state index is 0.0493. The van der Waals surface area contributed by atoms with Crippen LogP contribution in [0.15, 0.2) is 42.5 Å². The smallest absolute Gasteiger partial charge is 0.343 e. The molecule has 0 bridgehead atoms. The van der Waals surface area contributed by atoms with Gasteiger partial charge in [0.25, 0.3) is 21.9 Å². The second kappa shape index (κ2) is 7.76.